The molecule has 1 aliphatic rings. The van der Waals surface area contributed by atoms with Crippen molar-refractivity contribution in [2.45, 2.75) is 18.9 Å². The normalized spacial score (nSPS) is 16.4. The second-order valence-corrected chi connectivity index (χ2v) is 5.15. The highest BCUT2D eigenvalue weighted by Gasteiger charge is 2.17. The Kier molecular flexibility index (Phi) is 3.97. The number of hydrogen-bond acceptors (Lipinski definition) is 3. The minimum Gasteiger partial charge on any atom is -0.301 e. The lowest BCUT2D eigenvalue weighted by Crippen LogP contribution is -2.09. The first kappa shape index (κ1) is 14.0. The monoisotopic (exact) mass is 289 g/mol. The molecule has 0 saturated heterocycles. The first-order chi connectivity index (χ1) is 10.8. The van der Waals surface area contributed by atoms with E-state index in [-0.39, 0.29) is 12.5 Å². The molecule has 22 heavy (non-hydrogen) atoms. The maximum absolute atomic E-state index is 10.9. The molecule has 3 rings (SSSR count). The Morgan fingerprint density at radius 2 is 2.27 bits per heavy atom. The third-order valence-corrected chi connectivity index (χ3v) is 3.71. The summed E-state index contributed by atoms with van der Waals surface area (Å²) >= 11 is 0. The summed E-state index contributed by atoms with van der Waals surface area (Å²) in [6.07, 6.45) is 10.0. The number of carbonyl (C=O) groups is 1. The molecule has 4 nitrogen and oxygen atoms in total. The predicted octanol–water partition coefficient (Wildman–Crippen LogP) is 3.22. The van der Waals surface area contributed by atoms with Crippen LogP contribution >= 0.6 is 0 Å². The molecule has 1 unspecified atom stereocenters. The van der Waals surface area contributed by atoms with Gasteiger partial charge in [-0.3, -0.25) is 4.68 Å². The predicted molar refractivity (Wildman–Crippen MR) is 84.1 cm³/mol. The summed E-state index contributed by atoms with van der Waals surface area (Å²) in [5.74, 6) is 0.227. The Morgan fingerprint density at radius 1 is 1.36 bits per heavy atom. The molecule has 0 spiro atoms. The van der Waals surface area contributed by atoms with E-state index in [0.717, 1.165) is 29.7 Å². The number of allylic oxidation sites excluding steroid dienone is 4. The third-order valence-electron chi connectivity index (χ3n) is 3.71. The van der Waals surface area contributed by atoms with Crippen LogP contribution < -0.4 is 0 Å². The van der Waals surface area contributed by atoms with Crippen molar-refractivity contribution < 1.29 is 4.79 Å². The second-order valence-electron chi connectivity index (χ2n) is 5.15. The summed E-state index contributed by atoms with van der Waals surface area (Å²) in [7, 11) is 0. The molecule has 1 atom stereocenters. The number of nitriles is 1. The van der Waals surface area contributed by atoms with E-state index < -0.39 is 0 Å². The van der Waals surface area contributed by atoms with Crippen molar-refractivity contribution >= 4 is 6.29 Å². The summed E-state index contributed by atoms with van der Waals surface area (Å²) < 4.78 is 1.75. The van der Waals surface area contributed by atoms with Crippen molar-refractivity contribution in [1.29, 1.82) is 5.26 Å². The number of carbonyl (C=O) groups excluding carboxylic acids is 1. The van der Waals surface area contributed by atoms with Crippen LogP contribution in [-0.2, 0) is 11.3 Å². The Hall–Kier alpha value is -2.93. The fraction of sp³-hybridized carbons (Fsp3) is 0.167. The SMILES string of the molecule is N#Cc1cccc(-c2cc(C3C=CC=CC3)n(CC=O)n2)c1. The van der Waals surface area contributed by atoms with Gasteiger partial charge in [-0.15, -0.1) is 0 Å². The van der Waals surface area contributed by atoms with Crippen molar-refractivity contribution in [1.82, 2.24) is 9.78 Å². The maximum Gasteiger partial charge on any atom is 0.141 e. The summed E-state index contributed by atoms with van der Waals surface area (Å²) in [6, 6.07) is 11.5. The maximum atomic E-state index is 10.9. The average molecular weight is 289 g/mol. The highest BCUT2D eigenvalue weighted by molar-refractivity contribution is 5.62. The van der Waals surface area contributed by atoms with Gasteiger partial charge in [-0.2, -0.15) is 10.4 Å². The number of aldehydes is 1. The number of aromatic nitrogens is 2. The average Bonchev–Trinajstić information content (AvgIpc) is 3.00. The van der Waals surface area contributed by atoms with Crippen LogP contribution in [0, 0.1) is 11.3 Å². The van der Waals surface area contributed by atoms with Crippen LogP contribution in [-0.4, -0.2) is 16.1 Å². The molecule has 1 heterocycles. The lowest BCUT2D eigenvalue weighted by molar-refractivity contribution is -0.108. The first-order valence-electron chi connectivity index (χ1n) is 7.17. The topological polar surface area (TPSA) is 58.7 Å². The minimum absolute atomic E-state index is 0.227. The number of nitrogens with zero attached hydrogens (tertiary/aromatic N) is 3. The molecular formula is C18H15N3O. The number of hydrogen-bond donors (Lipinski definition) is 0. The lowest BCUT2D eigenvalue weighted by atomic mass is 9.96. The van der Waals surface area contributed by atoms with Crippen LogP contribution in [0.1, 0.15) is 23.6 Å². The van der Waals surface area contributed by atoms with Gasteiger partial charge in [0.05, 0.1) is 23.9 Å². The van der Waals surface area contributed by atoms with Crippen molar-refractivity contribution in [3.63, 3.8) is 0 Å². The number of rotatable bonds is 4. The standard InChI is InChI=1S/C18H15N3O/c19-13-14-5-4-8-16(11-14)17-12-18(21(20-17)9-10-22)15-6-2-1-3-7-15/h1-6,8,10-12,15H,7,9H2. The first-order valence-corrected chi connectivity index (χ1v) is 7.17. The fourth-order valence-electron chi connectivity index (χ4n) is 2.64. The van der Waals surface area contributed by atoms with Crippen molar-refractivity contribution in [3.8, 4) is 17.3 Å². The quantitative estimate of drug-likeness (QED) is 0.812. The third kappa shape index (κ3) is 2.75. The van der Waals surface area contributed by atoms with E-state index in [9.17, 15) is 4.79 Å². The van der Waals surface area contributed by atoms with Gasteiger partial charge in [-0.25, -0.2) is 0 Å². The van der Waals surface area contributed by atoms with E-state index in [1.54, 1.807) is 10.7 Å². The zero-order valence-electron chi connectivity index (χ0n) is 12.0. The van der Waals surface area contributed by atoms with E-state index in [1.807, 2.05) is 36.4 Å². The van der Waals surface area contributed by atoms with Crippen molar-refractivity contribution in [3.05, 3.63) is 65.9 Å². The van der Waals surface area contributed by atoms with Crippen molar-refractivity contribution in [2.24, 2.45) is 0 Å². The molecule has 0 amide bonds. The largest absolute Gasteiger partial charge is 0.301 e. The van der Waals surface area contributed by atoms with Gasteiger partial charge in [0.15, 0.2) is 0 Å². The highest BCUT2D eigenvalue weighted by atomic mass is 16.1. The molecule has 0 bridgehead atoms. The molecule has 0 fully saturated rings. The van der Waals surface area contributed by atoms with Crippen molar-refractivity contribution in [2.75, 3.05) is 0 Å². The van der Waals surface area contributed by atoms with E-state index in [4.69, 9.17) is 5.26 Å². The summed E-state index contributed by atoms with van der Waals surface area (Å²) in [4.78, 5) is 10.9. The molecule has 1 aromatic heterocycles. The molecule has 0 N–H and O–H groups in total. The number of benzene rings is 1. The molecule has 0 saturated carbocycles. The molecule has 1 aromatic carbocycles. The Bertz CT molecular complexity index is 793. The summed E-state index contributed by atoms with van der Waals surface area (Å²) in [5, 5.41) is 13.6. The Labute approximate surface area is 129 Å². The van der Waals surface area contributed by atoms with Gasteiger partial charge in [0.1, 0.15) is 6.29 Å². The summed E-state index contributed by atoms with van der Waals surface area (Å²) in [6.45, 7) is 0.237. The Morgan fingerprint density at radius 3 is 3.00 bits per heavy atom. The van der Waals surface area contributed by atoms with Gasteiger partial charge in [0.25, 0.3) is 0 Å². The molecule has 1 aliphatic carbocycles. The zero-order chi connectivity index (χ0) is 15.4. The van der Waals surface area contributed by atoms with Crippen LogP contribution in [0.3, 0.4) is 0 Å². The van der Waals surface area contributed by atoms with Gasteiger partial charge < -0.3 is 4.79 Å². The van der Waals surface area contributed by atoms with E-state index in [1.165, 1.54) is 0 Å². The molecule has 0 radical (unpaired) electrons. The fourth-order valence-corrected chi connectivity index (χ4v) is 2.64. The molecule has 0 aliphatic heterocycles. The van der Waals surface area contributed by atoms with E-state index in [2.05, 4.69) is 23.3 Å². The Balaban J connectivity index is 2.02. The van der Waals surface area contributed by atoms with Gasteiger partial charge in [0.2, 0.25) is 0 Å². The van der Waals surface area contributed by atoms with E-state index in [0.29, 0.717) is 5.56 Å². The lowest BCUT2D eigenvalue weighted by Gasteiger charge is -2.13. The minimum atomic E-state index is 0.227. The van der Waals surface area contributed by atoms with E-state index >= 15 is 0 Å². The van der Waals surface area contributed by atoms with Gasteiger partial charge >= 0.3 is 0 Å². The second kappa shape index (κ2) is 6.23. The van der Waals surface area contributed by atoms with Gasteiger partial charge in [-0.05, 0) is 24.6 Å². The molecule has 2 aromatic rings. The van der Waals surface area contributed by atoms with Crippen LogP contribution in [0.5, 0.6) is 0 Å². The molecular weight excluding hydrogens is 274 g/mol. The van der Waals surface area contributed by atoms with Crippen LogP contribution in [0.25, 0.3) is 11.3 Å². The van der Waals surface area contributed by atoms with Gasteiger partial charge in [-0.1, -0.05) is 36.4 Å². The molecule has 4 heteroatoms. The highest BCUT2D eigenvalue weighted by Crippen LogP contribution is 2.29. The van der Waals surface area contributed by atoms with Gasteiger partial charge in [0, 0.05) is 17.2 Å². The van der Waals surface area contributed by atoms with Crippen LogP contribution in [0.4, 0.5) is 0 Å². The molecule has 108 valence electrons. The smallest absolute Gasteiger partial charge is 0.141 e. The van der Waals surface area contributed by atoms with Crippen LogP contribution in [0.2, 0.25) is 0 Å². The van der Waals surface area contributed by atoms with Crippen LogP contribution in [0.15, 0.2) is 54.6 Å². The zero-order valence-corrected chi connectivity index (χ0v) is 12.0. The summed E-state index contributed by atoms with van der Waals surface area (Å²) in [5.41, 5.74) is 3.30.